The maximum Gasteiger partial charge on any atom is 0.248 e. The second kappa shape index (κ2) is 5.77. The van der Waals surface area contributed by atoms with Crippen molar-refractivity contribution >= 4 is 11.5 Å². The van der Waals surface area contributed by atoms with Crippen LogP contribution in [0, 0.1) is 0 Å². The second-order valence-corrected chi connectivity index (χ2v) is 4.88. The molecular weight excluding hydrogens is 252 g/mol. The van der Waals surface area contributed by atoms with Crippen LogP contribution in [0.1, 0.15) is 19.3 Å². The molecule has 5 heteroatoms. The van der Waals surface area contributed by atoms with Gasteiger partial charge in [-0.15, -0.1) is 0 Å². The van der Waals surface area contributed by atoms with Crippen LogP contribution in [0.25, 0.3) is 0 Å². The first-order chi connectivity index (χ1) is 9.84. The Morgan fingerprint density at radius 2 is 1.75 bits per heavy atom. The van der Waals surface area contributed by atoms with E-state index in [1.165, 1.54) is 25.6 Å². The number of benzene rings is 1. The number of piperidine rings is 1. The summed E-state index contributed by atoms with van der Waals surface area (Å²) in [6.45, 7) is 1.98. The van der Waals surface area contributed by atoms with E-state index in [0.717, 1.165) is 24.7 Å². The zero-order valence-corrected chi connectivity index (χ0v) is 11.3. The lowest BCUT2D eigenvalue weighted by molar-refractivity contribution is 0.463. The lowest BCUT2D eigenvalue weighted by Gasteiger charge is -2.28. The quantitative estimate of drug-likeness (QED) is 0.929. The van der Waals surface area contributed by atoms with E-state index >= 15 is 0 Å². The largest absolute Gasteiger partial charge is 0.437 e. The molecule has 0 amide bonds. The SMILES string of the molecule is Nc1c(Oc2ccccc2)ncnc1N1CCCCC1. The molecule has 1 fully saturated rings. The van der Waals surface area contributed by atoms with Gasteiger partial charge in [0.2, 0.25) is 5.88 Å². The third kappa shape index (κ3) is 2.66. The minimum atomic E-state index is 0.423. The van der Waals surface area contributed by atoms with Crippen LogP contribution >= 0.6 is 0 Å². The molecule has 0 bridgehead atoms. The minimum Gasteiger partial charge on any atom is -0.437 e. The van der Waals surface area contributed by atoms with Crippen LogP contribution in [-0.4, -0.2) is 23.1 Å². The van der Waals surface area contributed by atoms with Gasteiger partial charge in [-0.25, -0.2) is 4.98 Å². The highest BCUT2D eigenvalue weighted by Crippen LogP contribution is 2.32. The Morgan fingerprint density at radius 3 is 2.50 bits per heavy atom. The second-order valence-electron chi connectivity index (χ2n) is 4.88. The van der Waals surface area contributed by atoms with Gasteiger partial charge in [0.15, 0.2) is 5.82 Å². The number of anilines is 2. The van der Waals surface area contributed by atoms with Crippen LogP contribution in [0.4, 0.5) is 11.5 Å². The number of ether oxygens (including phenoxy) is 1. The highest BCUT2D eigenvalue weighted by molar-refractivity contribution is 5.68. The smallest absolute Gasteiger partial charge is 0.248 e. The number of rotatable bonds is 3. The maximum absolute atomic E-state index is 6.17. The fourth-order valence-electron chi connectivity index (χ4n) is 2.41. The lowest BCUT2D eigenvalue weighted by atomic mass is 10.1. The zero-order valence-electron chi connectivity index (χ0n) is 11.3. The van der Waals surface area contributed by atoms with Crippen LogP contribution in [-0.2, 0) is 0 Å². The van der Waals surface area contributed by atoms with Crippen molar-refractivity contribution in [2.75, 3.05) is 23.7 Å². The summed E-state index contributed by atoms with van der Waals surface area (Å²) in [6, 6.07) is 9.52. The van der Waals surface area contributed by atoms with Crippen molar-refractivity contribution in [2.24, 2.45) is 0 Å². The number of nitrogens with zero attached hydrogens (tertiary/aromatic N) is 3. The van der Waals surface area contributed by atoms with E-state index in [-0.39, 0.29) is 0 Å². The molecule has 1 saturated heterocycles. The van der Waals surface area contributed by atoms with Gasteiger partial charge in [0.05, 0.1) is 0 Å². The van der Waals surface area contributed by atoms with Crippen LogP contribution < -0.4 is 15.4 Å². The molecule has 0 saturated carbocycles. The fraction of sp³-hybridized carbons (Fsp3) is 0.333. The summed E-state index contributed by atoms with van der Waals surface area (Å²) in [7, 11) is 0. The summed E-state index contributed by atoms with van der Waals surface area (Å²) in [5.74, 6) is 1.93. The molecule has 20 heavy (non-hydrogen) atoms. The zero-order chi connectivity index (χ0) is 13.8. The third-order valence-corrected chi connectivity index (χ3v) is 3.44. The topological polar surface area (TPSA) is 64.3 Å². The molecule has 2 aromatic rings. The summed E-state index contributed by atoms with van der Waals surface area (Å²) in [6.07, 6.45) is 5.14. The fourth-order valence-corrected chi connectivity index (χ4v) is 2.41. The van der Waals surface area contributed by atoms with Crippen molar-refractivity contribution < 1.29 is 4.74 Å². The van der Waals surface area contributed by atoms with Gasteiger partial charge in [-0.3, -0.25) is 0 Å². The van der Waals surface area contributed by atoms with Gasteiger partial charge in [0.25, 0.3) is 0 Å². The van der Waals surface area contributed by atoms with Gasteiger partial charge in [-0.05, 0) is 31.4 Å². The summed E-state index contributed by atoms with van der Waals surface area (Å²) < 4.78 is 5.74. The number of nitrogen functional groups attached to an aromatic ring is 1. The van der Waals surface area contributed by atoms with E-state index in [9.17, 15) is 0 Å². The Labute approximate surface area is 118 Å². The molecule has 1 aromatic heterocycles. The molecule has 0 aliphatic carbocycles. The first kappa shape index (κ1) is 12.7. The molecule has 0 radical (unpaired) electrons. The average molecular weight is 270 g/mol. The van der Waals surface area contributed by atoms with Crippen molar-refractivity contribution in [3.8, 4) is 11.6 Å². The van der Waals surface area contributed by atoms with Crippen molar-refractivity contribution in [3.63, 3.8) is 0 Å². The number of aromatic nitrogens is 2. The lowest BCUT2D eigenvalue weighted by Crippen LogP contribution is -2.31. The van der Waals surface area contributed by atoms with Crippen molar-refractivity contribution in [3.05, 3.63) is 36.7 Å². The number of nitrogens with two attached hydrogens (primary N) is 1. The summed E-state index contributed by atoms with van der Waals surface area (Å²) >= 11 is 0. The molecule has 1 aliphatic heterocycles. The Morgan fingerprint density at radius 1 is 1.00 bits per heavy atom. The molecule has 104 valence electrons. The Bertz CT molecular complexity index is 567. The van der Waals surface area contributed by atoms with E-state index in [4.69, 9.17) is 10.5 Å². The predicted octanol–water partition coefficient (Wildman–Crippen LogP) is 2.84. The van der Waals surface area contributed by atoms with Gasteiger partial charge < -0.3 is 15.4 Å². The first-order valence-corrected chi connectivity index (χ1v) is 6.93. The van der Waals surface area contributed by atoms with Gasteiger partial charge in [-0.2, -0.15) is 4.98 Å². The van der Waals surface area contributed by atoms with E-state index in [1.54, 1.807) is 0 Å². The van der Waals surface area contributed by atoms with E-state index in [2.05, 4.69) is 14.9 Å². The first-order valence-electron chi connectivity index (χ1n) is 6.93. The van der Waals surface area contributed by atoms with Gasteiger partial charge in [0, 0.05) is 13.1 Å². The molecule has 1 aromatic carbocycles. The Kier molecular flexibility index (Phi) is 3.67. The van der Waals surface area contributed by atoms with E-state index < -0.39 is 0 Å². The van der Waals surface area contributed by atoms with Crippen LogP contribution in [0.5, 0.6) is 11.6 Å². The highest BCUT2D eigenvalue weighted by atomic mass is 16.5. The summed E-state index contributed by atoms with van der Waals surface area (Å²) in [5, 5.41) is 0. The highest BCUT2D eigenvalue weighted by Gasteiger charge is 2.18. The Hall–Kier alpha value is -2.30. The normalized spacial score (nSPS) is 15.1. The molecule has 2 heterocycles. The van der Waals surface area contributed by atoms with Gasteiger partial charge in [-0.1, -0.05) is 18.2 Å². The molecule has 0 spiro atoms. The predicted molar refractivity (Wildman–Crippen MR) is 79.0 cm³/mol. The Balaban J connectivity index is 1.85. The van der Waals surface area contributed by atoms with Gasteiger partial charge in [0.1, 0.15) is 17.8 Å². The molecule has 2 N–H and O–H groups in total. The molecule has 5 nitrogen and oxygen atoms in total. The number of hydrogen-bond donors (Lipinski definition) is 1. The number of hydrogen-bond acceptors (Lipinski definition) is 5. The maximum atomic E-state index is 6.17. The van der Waals surface area contributed by atoms with E-state index in [0.29, 0.717) is 11.6 Å². The number of para-hydroxylation sites is 1. The van der Waals surface area contributed by atoms with Crippen LogP contribution in [0.2, 0.25) is 0 Å². The van der Waals surface area contributed by atoms with Crippen LogP contribution in [0.15, 0.2) is 36.7 Å². The third-order valence-electron chi connectivity index (χ3n) is 3.44. The van der Waals surface area contributed by atoms with Crippen molar-refractivity contribution in [1.29, 1.82) is 0 Å². The van der Waals surface area contributed by atoms with E-state index in [1.807, 2.05) is 30.3 Å². The average Bonchev–Trinajstić information content (AvgIpc) is 2.51. The monoisotopic (exact) mass is 270 g/mol. The molecule has 0 unspecified atom stereocenters. The summed E-state index contributed by atoms with van der Waals surface area (Å²) in [5.41, 5.74) is 6.68. The summed E-state index contributed by atoms with van der Waals surface area (Å²) in [4.78, 5) is 10.7. The molecule has 1 aliphatic rings. The van der Waals surface area contributed by atoms with Gasteiger partial charge >= 0.3 is 0 Å². The standard InChI is InChI=1S/C15H18N4O/c16-13-14(19-9-5-2-6-10-19)17-11-18-15(13)20-12-7-3-1-4-8-12/h1,3-4,7-8,11H,2,5-6,9-10,16H2. The molecule has 3 rings (SSSR count). The molecule has 0 atom stereocenters. The van der Waals surface area contributed by atoms with Crippen LogP contribution in [0.3, 0.4) is 0 Å². The van der Waals surface area contributed by atoms with Crippen molar-refractivity contribution in [1.82, 2.24) is 9.97 Å². The van der Waals surface area contributed by atoms with Crippen molar-refractivity contribution in [2.45, 2.75) is 19.3 Å². The molecular formula is C15H18N4O. The minimum absolute atomic E-state index is 0.423.